The molecule has 1 N–H and O–H groups in total. The van der Waals surface area contributed by atoms with Crippen LogP contribution in [0.25, 0.3) is 11.0 Å². The number of hydrogen-bond donors (Lipinski definition) is 1. The number of nitrogens with one attached hydrogen (secondary N) is 1. The van der Waals surface area contributed by atoms with E-state index in [1.807, 2.05) is 50.6 Å². The van der Waals surface area contributed by atoms with Gasteiger partial charge in [0.2, 0.25) is 5.88 Å². The van der Waals surface area contributed by atoms with Gasteiger partial charge in [0.1, 0.15) is 24.6 Å². The van der Waals surface area contributed by atoms with Gasteiger partial charge in [0.25, 0.3) is 0 Å². The lowest BCUT2D eigenvalue weighted by molar-refractivity contribution is 0.0493. The lowest BCUT2D eigenvalue weighted by Crippen LogP contribution is -2.40. The number of ether oxygens (including phenoxy) is 3. The van der Waals surface area contributed by atoms with Crippen molar-refractivity contribution in [2.24, 2.45) is 0 Å². The van der Waals surface area contributed by atoms with Gasteiger partial charge in [-0.25, -0.2) is 4.79 Å². The summed E-state index contributed by atoms with van der Waals surface area (Å²) in [5.74, 6) is 0.474. The molecule has 0 aromatic carbocycles. The van der Waals surface area contributed by atoms with Crippen LogP contribution in [0.3, 0.4) is 0 Å². The smallest absolute Gasteiger partial charge is 0.407 e. The fraction of sp³-hybridized carbons (Fsp3) is 0.619. The van der Waals surface area contributed by atoms with Gasteiger partial charge >= 0.3 is 6.09 Å². The van der Waals surface area contributed by atoms with Crippen LogP contribution in [0.4, 0.5) is 4.79 Å². The first kappa shape index (κ1) is 24.7. The number of amides is 1. The third-order valence-electron chi connectivity index (χ3n) is 4.12. The Bertz CT molecular complexity index is 858. The molecule has 1 unspecified atom stereocenters. The number of nitrogens with zero attached hydrogens (tertiary/aromatic N) is 2. The Morgan fingerprint density at radius 2 is 2.03 bits per heavy atom. The maximum atomic E-state index is 11.9. The Hall–Kier alpha value is -1.58. The van der Waals surface area contributed by atoms with Crippen LogP contribution in [0.2, 0.25) is 25.7 Å². The first-order valence-electron chi connectivity index (χ1n) is 10.2. The molecule has 1 atom stereocenters. The zero-order valence-corrected chi connectivity index (χ0v) is 21.6. The molecular formula is C21H34BrN3O4Si. The lowest BCUT2D eigenvalue weighted by atomic mass is 10.2. The molecule has 0 radical (unpaired) electrons. The minimum atomic E-state index is -1.11. The van der Waals surface area contributed by atoms with Gasteiger partial charge in [-0.15, -0.1) is 0 Å². The fourth-order valence-electron chi connectivity index (χ4n) is 2.57. The van der Waals surface area contributed by atoms with Crippen molar-refractivity contribution < 1.29 is 19.0 Å². The first-order chi connectivity index (χ1) is 13.8. The van der Waals surface area contributed by atoms with Crippen LogP contribution in [-0.4, -0.2) is 48.6 Å². The zero-order valence-electron chi connectivity index (χ0n) is 19.0. The van der Waals surface area contributed by atoms with E-state index < -0.39 is 19.8 Å². The van der Waals surface area contributed by atoms with E-state index in [0.29, 0.717) is 12.6 Å². The summed E-state index contributed by atoms with van der Waals surface area (Å²) >= 11 is 3.52. The molecule has 2 rings (SSSR count). The Balaban J connectivity index is 1.97. The molecule has 0 saturated carbocycles. The van der Waals surface area contributed by atoms with Crippen molar-refractivity contribution in [3.8, 4) is 5.88 Å². The molecule has 0 saturated heterocycles. The lowest BCUT2D eigenvalue weighted by Gasteiger charge is -2.22. The topological polar surface area (TPSA) is 74.6 Å². The Kier molecular flexibility index (Phi) is 8.35. The van der Waals surface area contributed by atoms with Gasteiger partial charge in [0, 0.05) is 26.3 Å². The average molecular weight is 501 g/mol. The number of hydrogen-bond acceptors (Lipinski definition) is 5. The molecule has 1 amide bonds. The molecule has 0 aliphatic carbocycles. The maximum Gasteiger partial charge on any atom is 0.407 e. The van der Waals surface area contributed by atoms with Crippen LogP contribution in [-0.2, 0) is 16.2 Å². The van der Waals surface area contributed by atoms with Gasteiger partial charge in [-0.1, -0.05) is 19.6 Å². The highest BCUT2D eigenvalue weighted by atomic mass is 79.9. The maximum absolute atomic E-state index is 11.9. The van der Waals surface area contributed by atoms with Gasteiger partial charge in [-0.2, -0.15) is 4.98 Å². The van der Waals surface area contributed by atoms with E-state index in [9.17, 15) is 4.79 Å². The summed E-state index contributed by atoms with van der Waals surface area (Å²) < 4.78 is 19.7. The van der Waals surface area contributed by atoms with E-state index in [4.69, 9.17) is 14.2 Å². The van der Waals surface area contributed by atoms with Gasteiger partial charge in [0.15, 0.2) is 0 Å². The molecule has 9 heteroatoms. The number of alkyl carbamates (subject to hydrolysis) is 1. The van der Waals surface area contributed by atoms with Crippen molar-refractivity contribution in [1.29, 1.82) is 0 Å². The van der Waals surface area contributed by atoms with Gasteiger partial charge in [-0.05, 0) is 61.8 Å². The van der Waals surface area contributed by atoms with Crippen LogP contribution in [0, 0.1) is 0 Å². The first-order valence-corrected chi connectivity index (χ1v) is 14.7. The van der Waals surface area contributed by atoms with Gasteiger partial charge in [-0.3, -0.25) is 0 Å². The molecule has 2 aromatic heterocycles. The SMILES string of the molecule is CC(COc1nc2c(ccn2COCC[Si](C)(C)C)cc1Br)NC(=O)OC(C)(C)C. The molecular weight excluding hydrogens is 466 g/mol. The number of aromatic nitrogens is 2. The van der Waals surface area contributed by atoms with E-state index in [0.717, 1.165) is 28.2 Å². The van der Waals surface area contributed by atoms with Crippen molar-refractivity contribution in [3.05, 3.63) is 22.8 Å². The molecule has 0 aliphatic rings. The summed E-state index contributed by atoms with van der Waals surface area (Å²) in [7, 11) is -1.11. The van der Waals surface area contributed by atoms with Crippen molar-refractivity contribution >= 4 is 41.1 Å². The number of carbonyl (C=O) groups excluding carboxylic acids is 1. The molecule has 2 aromatic rings. The Morgan fingerprint density at radius 1 is 1.33 bits per heavy atom. The molecule has 0 bridgehead atoms. The molecule has 30 heavy (non-hydrogen) atoms. The molecule has 0 aliphatic heterocycles. The molecule has 168 valence electrons. The fourth-order valence-corrected chi connectivity index (χ4v) is 3.78. The highest BCUT2D eigenvalue weighted by molar-refractivity contribution is 9.10. The molecule has 0 spiro atoms. The van der Waals surface area contributed by atoms with E-state index in [-0.39, 0.29) is 12.6 Å². The third-order valence-corrected chi connectivity index (χ3v) is 6.39. The Morgan fingerprint density at radius 3 is 2.67 bits per heavy atom. The second-order valence-corrected chi connectivity index (χ2v) is 16.2. The predicted molar refractivity (Wildman–Crippen MR) is 126 cm³/mol. The standard InChI is InChI=1S/C21H34BrN3O4Si/c1-15(23-20(26)29-21(2,3)4)13-28-19-17(22)12-16-8-9-25(18(16)24-19)14-27-10-11-30(5,6)7/h8-9,12,15H,10-11,13-14H2,1-7H3,(H,23,26). The number of halogens is 1. The van der Waals surface area contributed by atoms with E-state index in [1.54, 1.807) is 0 Å². The average Bonchev–Trinajstić information content (AvgIpc) is 2.95. The van der Waals surface area contributed by atoms with Crippen molar-refractivity contribution in [2.75, 3.05) is 13.2 Å². The van der Waals surface area contributed by atoms with E-state index >= 15 is 0 Å². The van der Waals surface area contributed by atoms with Crippen molar-refractivity contribution in [1.82, 2.24) is 14.9 Å². The highest BCUT2D eigenvalue weighted by Gasteiger charge is 2.18. The third kappa shape index (κ3) is 8.27. The summed E-state index contributed by atoms with van der Waals surface area (Å²) in [6, 6.07) is 4.87. The summed E-state index contributed by atoms with van der Waals surface area (Å²) in [5.41, 5.74) is 0.261. The predicted octanol–water partition coefficient (Wildman–Crippen LogP) is 5.40. The molecule has 0 fully saturated rings. The molecule has 7 nitrogen and oxygen atoms in total. The van der Waals surface area contributed by atoms with Gasteiger partial charge < -0.3 is 24.1 Å². The largest absolute Gasteiger partial charge is 0.475 e. The summed E-state index contributed by atoms with van der Waals surface area (Å²) in [6.07, 6.45) is 1.50. The molecule has 2 heterocycles. The normalized spacial score (nSPS) is 13.3. The second-order valence-electron chi connectivity index (χ2n) is 9.68. The number of fused-ring (bicyclic) bond motifs is 1. The minimum absolute atomic E-state index is 0.235. The second kappa shape index (κ2) is 10.1. The number of pyridine rings is 1. The summed E-state index contributed by atoms with van der Waals surface area (Å²) in [5, 5.41) is 3.77. The quantitative estimate of drug-likeness (QED) is 0.369. The summed E-state index contributed by atoms with van der Waals surface area (Å²) in [6.45, 7) is 15.8. The highest BCUT2D eigenvalue weighted by Crippen LogP contribution is 2.28. The van der Waals surface area contributed by atoms with Crippen LogP contribution < -0.4 is 10.1 Å². The van der Waals surface area contributed by atoms with Crippen molar-refractivity contribution in [3.63, 3.8) is 0 Å². The monoisotopic (exact) mass is 499 g/mol. The minimum Gasteiger partial charge on any atom is -0.475 e. The van der Waals surface area contributed by atoms with E-state index in [2.05, 4.69) is 45.9 Å². The number of carbonyl (C=O) groups is 1. The van der Waals surface area contributed by atoms with E-state index in [1.165, 1.54) is 0 Å². The zero-order chi connectivity index (χ0) is 22.5. The van der Waals surface area contributed by atoms with Crippen molar-refractivity contribution in [2.45, 2.75) is 71.8 Å². The Labute approximate surface area is 188 Å². The van der Waals surface area contributed by atoms with Crippen LogP contribution in [0.1, 0.15) is 27.7 Å². The number of rotatable bonds is 9. The van der Waals surface area contributed by atoms with Gasteiger partial charge in [0.05, 0.1) is 10.5 Å². The van der Waals surface area contributed by atoms with Crippen LogP contribution >= 0.6 is 15.9 Å². The summed E-state index contributed by atoms with van der Waals surface area (Å²) in [4.78, 5) is 16.5. The van der Waals surface area contributed by atoms with Crippen LogP contribution in [0.15, 0.2) is 22.8 Å². The van der Waals surface area contributed by atoms with Crippen LogP contribution in [0.5, 0.6) is 5.88 Å².